The Kier molecular flexibility index (Phi) is 5.78. The number of hydrogen-bond donors (Lipinski definition) is 1. The molecule has 2 aromatic carbocycles. The van der Waals surface area contributed by atoms with Gasteiger partial charge in [-0.3, -0.25) is 9.69 Å². The summed E-state index contributed by atoms with van der Waals surface area (Å²) in [5, 5.41) is 5.01. The zero-order valence-corrected chi connectivity index (χ0v) is 18.1. The lowest BCUT2D eigenvalue weighted by atomic mass is 10.1. The number of nitrogens with one attached hydrogen (secondary N) is 1. The van der Waals surface area contributed by atoms with Gasteiger partial charge >= 0.3 is 0 Å². The molecule has 3 heterocycles. The number of aromatic nitrogens is 3. The van der Waals surface area contributed by atoms with Crippen molar-refractivity contribution in [3.63, 3.8) is 0 Å². The molecule has 1 fully saturated rings. The fourth-order valence-corrected chi connectivity index (χ4v) is 4.65. The Balaban J connectivity index is 1.25. The topological polar surface area (TPSA) is 63.1 Å². The van der Waals surface area contributed by atoms with Gasteiger partial charge in [-0.1, -0.05) is 36.4 Å². The van der Waals surface area contributed by atoms with Crippen LogP contribution in [0.5, 0.6) is 0 Å². The van der Waals surface area contributed by atoms with Crippen LogP contribution in [0.15, 0.2) is 59.4 Å². The van der Waals surface area contributed by atoms with Gasteiger partial charge in [-0.05, 0) is 49.2 Å². The Morgan fingerprint density at radius 1 is 1.03 bits per heavy atom. The highest BCUT2D eigenvalue weighted by atomic mass is 32.1. The lowest BCUT2D eigenvalue weighted by molar-refractivity contribution is -0.121. The molecular weight excluding hydrogens is 406 g/mol. The Hall–Kier alpha value is -3.03. The van der Waals surface area contributed by atoms with Gasteiger partial charge in [-0.2, -0.15) is 0 Å². The van der Waals surface area contributed by atoms with Crippen molar-refractivity contribution in [1.82, 2.24) is 24.8 Å². The first-order valence-electron chi connectivity index (χ1n) is 10.7. The number of carbonyl (C=O) groups excluding carboxylic acids is 1. The van der Waals surface area contributed by atoms with Crippen LogP contribution in [0.25, 0.3) is 22.6 Å². The summed E-state index contributed by atoms with van der Waals surface area (Å²) in [6.45, 7) is 4.13. The second kappa shape index (κ2) is 8.99. The minimum Gasteiger partial charge on any atom is -0.350 e. The standard InChI is InChI=1S/C24H25N5OS/c30-23(25-13-18-7-9-19(10-8-18)14-28-11-3-4-12-28)15-29-22-6-2-1-5-20(22)27-24(29)21-16-31-17-26-21/h1-2,5-10,16-17H,3-4,11-15H2,(H,25,30). The van der Waals surface area contributed by atoms with E-state index < -0.39 is 0 Å². The number of amides is 1. The predicted octanol–water partition coefficient (Wildman–Crippen LogP) is 4.07. The van der Waals surface area contributed by atoms with Crippen LogP contribution in [0.4, 0.5) is 0 Å². The molecule has 0 radical (unpaired) electrons. The van der Waals surface area contributed by atoms with Gasteiger partial charge < -0.3 is 9.88 Å². The molecule has 0 bridgehead atoms. The van der Waals surface area contributed by atoms with Crippen molar-refractivity contribution in [3.05, 3.63) is 70.5 Å². The van der Waals surface area contributed by atoms with Crippen LogP contribution in [-0.2, 0) is 24.4 Å². The average molecular weight is 432 g/mol. The molecule has 1 amide bonds. The highest BCUT2D eigenvalue weighted by Gasteiger charge is 2.16. The van der Waals surface area contributed by atoms with Crippen LogP contribution in [0.2, 0.25) is 0 Å². The van der Waals surface area contributed by atoms with Crippen molar-refractivity contribution in [2.45, 2.75) is 32.5 Å². The summed E-state index contributed by atoms with van der Waals surface area (Å²) < 4.78 is 1.94. The predicted molar refractivity (Wildman–Crippen MR) is 124 cm³/mol. The quantitative estimate of drug-likeness (QED) is 0.479. The second-order valence-corrected chi connectivity index (χ2v) is 8.68. The number of hydrogen-bond acceptors (Lipinski definition) is 5. The van der Waals surface area contributed by atoms with E-state index in [-0.39, 0.29) is 12.5 Å². The first kappa shape index (κ1) is 19.9. The summed E-state index contributed by atoms with van der Waals surface area (Å²) >= 11 is 1.52. The third-order valence-corrected chi connectivity index (χ3v) is 6.32. The molecule has 0 unspecified atom stereocenters. The van der Waals surface area contributed by atoms with Gasteiger partial charge in [0.25, 0.3) is 0 Å². The normalized spacial score (nSPS) is 14.3. The van der Waals surface area contributed by atoms with Crippen LogP contribution in [0.1, 0.15) is 24.0 Å². The van der Waals surface area contributed by atoms with Crippen molar-refractivity contribution < 1.29 is 4.79 Å². The zero-order chi connectivity index (χ0) is 21.0. The van der Waals surface area contributed by atoms with E-state index in [0.717, 1.165) is 34.7 Å². The van der Waals surface area contributed by atoms with Gasteiger partial charge in [0.05, 0.1) is 16.5 Å². The molecule has 4 aromatic rings. The molecule has 7 heteroatoms. The Morgan fingerprint density at radius 3 is 2.58 bits per heavy atom. The molecule has 1 saturated heterocycles. The molecular formula is C24H25N5OS. The zero-order valence-electron chi connectivity index (χ0n) is 17.3. The van der Waals surface area contributed by atoms with E-state index in [0.29, 0.717) is 6.54 Å². The largest absolute Gasteiger partial charge is 0.350 e. The number of rotatable bonds is 7. The van der Waals surface area contributed by atoms with Crippen molar-refractivity contribution in [2.24, 2.45) is 0 Å². The van der Waals surface area contributed by atoms with Crippen molar-refractivity contribution in [2.75, 3.05) is 13.1 Å². The summed E-state index contributed by atoms with van der Waals surface area (Å²) in [6.07, 6.45) is 2.61. The summed E-state index contributed by atoms with van der Waals surface area (Å²) in [5.41, 5.74) is 6.82. The molecule has 0 atom stereocenters. The van der Waals surface area contributed by atoms with E-state index in [1.165, 1.54) is 42.8 Å². The fourth-order valence-electron chi connectivity index (χ4n) is 4.12. The van der Waals surface area contributed by atoms with Gasteiger partial charge in [0.1, 0.15) is 12.2 Å². The number of fused-ring (bicyclic) bond motifs is 1. The molecule has 1 aliphatic heterocycles. The Labute approximate surface area is 185 Å². The third-order valence-electron chi connectivity index (χ3n) is 5.74. The summed E-state index contributed by atoms with van der Waals surface area (Å²) in [4.78, 5) is 24.3. The SMILES string of the molecule is O=C(Cn1c(-c2cscn2)nc2ccccc21)NCc1ccc(CN2CCCC2)cc1. The average Bonchev–Trinajstić information content (AvgIpc) is 3.55. The number of para-hydroxylation sites is 2. The van der Waals surface area contributed by atoms with Gasteiger partial charge in [0.2, 0.25) is 5.91 Å². The second-order valence-electron chi connectivity index (χ2n) is 7.96. The minimum absolute atomic E-state index is 0.0409. The lowest BCUT2D eigenvalue weighted by Crippen LogP contribution is -2.27. The monoisotopic (exact) mass is 431 g/mol. The molecule has 0 aliphatic carbocycles. The van der Waals surface area contributed by atoms with Crippen molar-refractivity contribution in [1.29, 1.82) is 0 Å². The van der Waals surface area contributed by atoms with Gasteiger partial charge in [0.15, 0.2) is 5.82 Å². The van der Waals surface area contributed by atoms with E-state index in [1.54, 1.807) is 5.51 Å². The highest BCUT2D eigenvalue weighted by molar-refractivity contribution is 7.07. The van der Waals surface area contributed by atoms with E-state index in [2.05, 4.69) is 39.5 Å². The minimum atomic E-state index is -0.0409. The molecule has 2 aromatic heterocycles. The maximum absolute atomic E-state index is 12.8. The molecule has 0 spiro atoms. The highest BCUT2D eigenvalue weighted by Crippen LogP contribution is 2.24. The van der Waals surface area contributed by atoms with E-state index in [1.807, 2.05) is 34.2 Å². The maximum atomic E-state index is 12.8. The maximum Gasteiger partial charge on any atom is 0.240 e. The molecule has 6 nitrogen and oxygen atoms in total. The van der Waals surface area contributed by atoms with Crippen LogP contribution < -0.4 is 5.32 Å². The molecule has 31 heavy (non-hydrogen) atoms. The van der Waals surface area contributed by atoms with E-state index in [4.69, 9.17) is 4.98 Å². The van der Waals surface area contributed by atoms with Gasteiger partial charge in [0, 0.05) is 18.5 Å². The van der Waals surface area contributed by atoms with Crippen molar-refractivity contribution in [3.8, 4) is 11.5 Å². The first-order valence-corrected chi connectivity index (χ1v) is 11.6. The third kappa shape index (κ3) is 4.52. The van der Waals surface area contributed by atoms with Crippen LogP contribution in [-0.4, -0.2) is 38.4 Å². The number of thiazole rings is 1. The summed E-state index contributed by atoms with van der Waals surface area (Å²) in [6, 6.07) is 16.4. The van der Waals surface area contributed by atoms with E-state index in [9.17, 15) is 4.79 Å². The van der Waals surface area contributed by atoms with Gasteiger partial charge in [-0.25, -0.2) is 9.97 Å². The first-order chi connectivity index (χ1) is 15.3. The number of benzene rings is 2. The number of nitrogens with zero attached hydrogens (tertiary/aromatic N) is 4. The van der Waals surface area contributed by atoms with Crippen molar-refractivity contribution >= 4 is 28.3 Å². The van der Waals surface area contributed by atoms with Crippen LogP contribution in [0.3, 0.4) is 0 Å². The molecule has 1 N–H and O–H groups in total. The molecule has 5 rings (SSSR count). The molecule has 0 saturated carbocycles. The van der Waals surface area contributed by atoms with Crippen LogP contribution >= 0.6 is 11.3 Å². The van der Waals surface area contributed by atoms with Gasteiger partial charge in [-0.15, -0.1) is 11.3 Å². The lowest BCUT2D eigenvalue weighted by Gasteiger charge is -2.15. The fraction of sp³-hybridized carbons (Fsp3) is 0.292. The molecule has 1 aliphatic rings. The summed E-state index contributed by atoms with van der Waals surface area (Å²) in [5.74, 6) is 0.685. The summed E-state index contributed by atoms with van der Waals surface area (Å²) in [7, 11) is 0. The number of likely N-dealkylation sites (tertiary alicyclic amines) is 1. The Morgan fingerprint density at radius 2 is 1.81 bits per heavy atom. The smallest absolute Gasteiger partial charge is 0.240 e. The number of carbonyl (C=O) groups is 1. The Bertz CT molecular complexity index is 1160. The number of imidazole rings is 1. The van der Waals surface area contributed by atoms with E-state index >= 15 is 0 Å². The van der Waals surface area contributed by atoms with Crippen LogP contribution in [0, 0.1) is 0 Å². The molecule has 158 valence electrons.